The minimum atomic E-state index is -3.64. The fourth-order valence-electron chi connectivity index (χ4n) is 2.88. The van der Waals surface area contributed by atoms with Crippen LogP contribution in [0.2, 0.25) is 0 Å². The van der Waals surface area contributed by atoms with E-state index in [1.807, 2.05) is 6.07 Å². The first-order valence-corrected chi connectivity index (χ1v) is 8.93. The molecule has 0 aromatic heterocycles. The maximum atomic E-state index is 12.7. The summed E-state index contributed by atoms with van der Waals surface area (Å²) in [6.45, 7) is 1.84. The van der Waals surface area contributed by atoms with Gasteiger partial charge in [0.2, 0.25) is 9.84 Å². The molecule has 0 radical (unpaired) electrons. The first-order chi connectivity index (χ1) is 11.0. The molecule has 0 aliphatic carbocycles. The third kappa shape index (κ3) is 3.04. The first-order valence-electron chi connectivity index (χ1n) is 7.45. The van der Waals surface area contributed by atoms with Crippen LogP contribution in [0.25, 0.3) is 0 Å². The van der Waals surface area contributed by atoms with Crippen molar-refractivity contribution >= 4 is 9.84 Å². The minimum absolute atomic E-state index is 0.0330. The highest BCUT2D eigenvalue weighted by Crippen LogP contribution is 2.34. The highest BCUT2D eigenvalue weighted by atomic mass is 32.2. The third-order valence-corrected chi connectivity index (χ3v) is 5.93. The largest absolute Gasteiger partial charge is 0.508 e. The zero-order chi connectivity index (χ0) is 16.4. The Kier molecular flexibility index (Phi) is 4.28. The predicted molar refractivity (Wildman–Crippen MR) is 86.8 cm³/mol. The molecule has 2 aromatic carbocycles. The van der Waals surface area contributed by atoms with E-state index in [4.69, 9.17) is 4.74 Å². The van der Waals surface area contributed by atoms with Crippen LogP contribution in [0.15, 0.2) is 52.3 Å². The number of benzene rings is 2. The van der Waals surface area contributed by atoms with Crippen molar-refractivity contribution in [3.05, 3.63) is 48.0 Å². The molecule has 1 saturated heterocycles. The summed E-state index contributed by atoms with van der Waals surface area (Å²) >= 11 is 0. The van der Waals surface area contributed by atoms with Gasteiger partial charge >= 0.3 is 0 Å². The Morgan fingerprint density at radius 3 is 2.43 bits per heavy atom. The molecule has 1 atom stereocenters. The molecule has 1 heterocycles. The molecule has 0 saturated carbocycles. The molecule has 0 spiro atoms. The van der Waals surface area contributed by atoms with E-state index in [2.05, 4.69) is 5.32 Å². The summed E-state index contributed by atoms with van der Waals surface area (Å²) in [5.41, 5.74) is 1.03. The molecule has 6 heteroatoms. The van der Waals surface area contributed by atoms with Gasteiger partial charge < -0.3 is 15.2 Å². The molecule has 0 bridgehead atoms. The van der Waals surface area contributed by atoms with Crippen LogP contribution in [0, 0.1) is 0 Å². The Bertz CT molecular complexity index is 794. The van der Waals surface area contributed by atoms with Gasteiger partial charge in [0.15, 0.2) is 0 Å². The Balaban J connectivity index is 2.01. The van der Waals surface area contributed by atoms with Crippen LogP contribution >= 0.6 is 0 Å². The Labute approximate surface area is 135 Å². The van der Waals surface area contributed by atoms with Gasteiger partial charge in [-0.05, 0) is 54.9 Å². The van der Waals surface area contributed by atoms with Crippen LogP contribution in [-0.4, -0.2) is 33.7 Å². The van der Waals surface area contributed by atoms with E-state index in [-0.39, 0.29) is 15.5 Å². The second-order valence-electron chi connectivity index (χ2n) is 5.59. The lowest BCUT2D eigenvalue weighted by molar-refractivity contribution is 0.405. The molecule has 1 aliphatic rings. The van der Waals surface area contributed by atoms with Gasteiger partial charge in [0.1, 0.15) is 11.5 Å². The minimum Gasteiger partial charge on any atom is -0.508 e. The van der Waals surface area contributed by atoms with E-state index in [1.54, 1.807) is 19.2 Å². The second kappa shape index (κ2) is 6.22. The van der Waals surface area contributed by atoms with E-state index >= 15 is 0 Å². The Morgan fingerprint density at radius 2 is 1.83 bits per heavy atom. The molecular formula is C17H19NO4S. The van der Waals surface area contributed by atoms with Gasteiger partial charge in [-0.25, -0.2) is 8.42 Å². The molecular weight excluding hydrogens is 314 g/mol. The van der Waals surface area contributed by atoms with Crippen molar-refractivity contribution in [2.45, 2.75) is 22.1 Å². The van der Waals surface area contributed by atoms with E-state index in [1.165, 1.54) is 24.3 Å². The van der Waals surface area contributed by atoms with Crippen LogP contribution < -0.4 is 10.1 Å². The summed E-state index contributed by atoms with van der Waals surface area (Å²) in [7, 11) is -2.08. The van der Waals surface area contributed by atoms with Gasteiger partial charge in [-0.1, -0.05) is 6.07 Å². The topological polar surface area (TPSA) is 75.6 Å². The fraction of sp³-hybridized carbons (Fsp3) is 0.294. The number of methoxy groups -OCH3 is 1. The van der Waals surface area contributed by atoms with Crippen LogP contribution in [0.1, 0.15) is 17.9 Å². The van der Waals surface area contributed by atoms with E-state index in [0.29, 0.717) is 11.7 Å². The van der Waals surface area contributed by atoms with Gasteiger partial charge in [0, 0.05) is 12.5 Å². The number of ether oxygens (including phenoxy) is 1. The van der Waals surface area contributed by atoms with E-state index in [9.17, 15) is 13.5 Å². The van der Waals surface area contributed by atoms with Gasteiger partial charge in [-0.3, -0.25) is 0 Å². The number of sulfone groups is 1. The highest BCUT2D eigenvalue weighted by Gasteiger charge is 2.24. The SMILES string of the molecule is COc1cc(S(=O)(=O)c2ccc(O)cc2)ccc1[C@H]1CCNC1. The van der Waals surface area contributed by atoms with Crippen LogP contribution in [0.4, 0.5) is 0 Å². The zero-order valence-corrected chi connectivity index (χ0v) is 13.6. The highest BCUT2D eigenvalue weighted by molar-refractivity contribution is 7.91. The summed E-state index contributed by atoms with van der Waals surface area (Å²) in [6.07, 6.45) is 1.01. The first kappa shape index (κ1) is 15.8. The van der Waals surface area contributed by atoms with Gasteiger partial charge in [-0.2, -0.15) is 0 Å². The lowest BCUT2D eigenvalue weighted by Crippen LogP contribution is -2.09. The van der Waals surface area contributed by atoms with Gasteiger partial charge in [0.25, 0.3) is 0 Å². The van der Waals surface area contributed by atoms with Crippen LogP contribution in [-0.2, 0) is 9.84 Å². The van der Waals surface area contributed by atoms with Crippen molar-refractivity contribution in [2.24, 2.45) is 0 Å². The predicted octanol–water partition coefficient (Wildman–Crippen LogP) is 2.31. The number of phenols is 1. The van der Waals surface area contributed by atoms with Crippen LogP contribution in [0.3, 0.4) is 0 Å². The number of nitrogens with one attached hydrogen (secondary N) is 1. The number of phenolic OH excluding ortho intramolecular Hbond substituents is 1. The molecule has 23 heavy (non-hydrogen) atoms. The van der Waals surface area contributed by atoms with Crippen molar-refractivity contribution in [1.82, 2.24) is 5.32 Å². The summed E-state index contributed by atoms with van der Waals surface area (Å²) in [6, 6.07) is 10.6. The molecule has 0 amide bonds. The van der Waals surface area contributed by atoms with Crippen molar-refractivity contribution in [1.29, 1.82) is 0 Å². The summed E-state index contributed by atoms with van der Waals surface area (Å²) < 4.78 is 30.8. The maximum absolute atomic E-state index is 12.7. The van der Waals surface area contributed by atoms with Crippen molar-refractivity contribution in [3.63, 3.8) is 0 Å². The molecule has 0 unspecified atom stereocenters. The average Bonchev–Trinajstić information content (AvgIpc) is 3.09. The lowest BCUT2D eigenvalue weighted by atomic mass is 9.97. The molecule has 122 valence electrons. The Hall–Kier alpha value is -2.05. The van der Waals surface area contributed by atoms with E-state index < -0.39 is 9.84 Å². The number of hydrogen-bond donors (Lipinski definition) is 2. The van der Waals surface area contributed by atoms with Gasteiger partial charge in [0.05, 0.1) is 16.9 Å². The van der Waals surface area contributed by atoms with Crippen molar-refractivity contribution in [3.8, 4) is 11.5 Å². The Morgan fingerprint density at radius 1 is 1.13 bits per heavy atom. The van der Waals surface area contributed by atoms with Crippen LogP contribution in [0.5, 0.6) is 11.5 Å². The lowest BCUT2D eigenvalue weighted by Gasteiger charge is -2.15. The monoisotopic (exact) mass is 333 g/mol. The molecule has 2 N–H and O–H groups in total. The average molecular weight is 333 g/mol. The summed E-state index contributed by atoms with van der Waals surface area (Å²) in [4.78, 5) is 0.336. The number of aromatic hydroxyl groups is 1. The molecule has 1 fully saturated rings. The summed E-state index contributed by atoms with van der Waals surface area (Å²) in [5, 5.41) is 12.6. The molecule has 3 rings (SSSR count). The van der Waals surface area contributed by atoms with Crippen molar-refractivity contribution < 1.29 is 18.3 Å². The zero-order valence-electron chi connectivity index (χ0n) is 12.8. The molecule has 5 nitrogen and oxygen atoms in total. The normalized spacial score (nSPS) is 18.0. The second-order valence-corrected chi connectivity index (χ2v) is 7.54. The van der Waals surface area contributed by atoms with E-state index in [0.717, 1.165) is 25.1 Å². The van der Waals surface area contributed by atoms with Crippen molar-refractivity contribution in [2.75, 3.05) is 20.2 Å². The number of hydrogen-bond acceptors (Lipinski definition) is 5. The molecule has 2 aromatic rings. The number of rotatable bonds is 4. The van der Waals surface area contributed by atoms with Gasteiger partial charge in [-0.15, -0.1) is 0 Å². The fourth-order valence-corrected chi connectivity index (χ4v) is 4.15. The summed E-state index contributed by atoms with van der Waals surface area (Å²) in [5.74, 6) is 0.972. The standard InChI is InChI=1S/C17H19NO4S/c1-22-17-10-15(6-7-16(17)12-8-9-18-11-12)23(20,21)14-4-2-13(19)3-5-14/h2-7,10,12,18-19H,8-9,11H2,1H3/t12-/m0/s1. The smallest absolute Gasteiger partial charge is 0.206 e. The quantitative estimate of drug-likeness (QED) is 0.898. The molecule has 1 aliphatic heterocycles. The third-order valence-electron chi connectivity index (χ3n) is 4.16. The maximum Gasteiger partial charge on any atom is 0.206 e.